The van der Waals surface area contributed by atoms with E-state index in [0.717, 1.165) is 29.3 Å². The number of rotatable bonds is 6. The SMILES string of the molecule is C=CC(=O)NC1CCN(S(=O)(=O)c2ccc(NC(=O)c3cc4ccccc4s3)cc2)C2(CCC2)C1. The average molecular weight is 510 g/mol. The van der Waals surface area contributed by atoms with E-state index < -0.39 is 15.6 Å². The highest BCUT2D eigenvalue weighted by atomic mass is 32.2. The smallest absolute Gasteiger partial charge is 0.265 e. The third-order valence-electron chi connectivity index (χ3n) is 7.00. The van der Waals surface area contributed by atoms with Gasteiger partial charge in [-0.2, -0.15) is 4.31 Å². The maximum Gasteiger partial charge on any atom is 0.265 e. The minimum absolute atomic E-state index is 0.0567. The zero-order valence-corrected chi connectivity index (χ0v) is 20.8. The van der Waals surface area contributed by atoms with E-state index in [1.54, 1.807) is 28.6 Å². The van der Waals surface area contributed by atoms with Crippen molar-refractivity contribution in [2.45, 2.75) is 48.6 Å². The number of anilines is 1. The topological polar surface area (TPSA) is 95.6 Å². The molecule has 2 amide bonds. The molecular formula is C26H27N3O4S2. The van der Waals surface area contributed by atoms with Crippen molar-refractivity contribution < 1.29 is 18.0 Å². The molecule has 7 nitrogen and oxygen atoms in total. The third kappa shape index (κ3) is 4.51. The number of benzene rings is 2. The average Bonchev–Trinajstić information content (AvgIpc) is 3.28. The van der Waals surface area contributed by atoms with E-state index in [9.17, 15) is 18.0 Å². The van der Waals surface area contributed by atoms with Crippen molar-refractivity contribution in [3.63, 3.8) is 0 Å². The van der Waals surface area contributed by atoms with Gasteiger partial charge in [0.15, 0.2) is 0 Å². The summed E-state index contributed by atoms with van der Waals surface area (Å²) in [6.07, 6.45) is 4.96. The predicted octanol–water partition coefficient (Wildman–Crippen LogP) is 4.53. The standard InChI is InChI=1S/C26H27N3O4S2/c1-2-24(30)27-20-12-15-29(26(17-20)13-5-14-26)35(32,33)21-10-8-19(9-11-21)28-25(31)23-16-18-6-3-4-7-22(18)34-23/h2-4,6-11,16,20H,1,5,12-15,17H2,(H,27,30)(H,28,31). The lowest BCUT2D eigenvalue weighted by Gasteiger charge is -2.54. The second kappa shape index (κ2) is 9.22. The van der Waals surface area contributed by atoms with Crippen LogP contribution in [0.1, 0.15) is 41.8 Å². The molecule has 182 valence electrons. The van der Waals surface area contributed by atoms with Crippen molar-refractivity contribution in [3.8, 4) is 0 Å². The molecule has 1 saturated carbocycles. The van der Waals surface area contributed by atoms with Crippen molar-refractivity contribution in [1.82, 2.24) is 9.62 Å². The van der Waals surface area contributed by atoms with Crippen LogP contribution in [0.3, 0.4) is 0 Å². The van der Waals surface area contributed by atoms with Crippen molar-refractivity contribution >= 4 is 48.9 Å². The highest BCUT2D eigenvalue weighted by Crippen LogP contribution is 2.47. The maximum atomic E-state index is 13.6. The maximum absolute atomic E-state index is 13.6. The van der Waals surface area contributed by atoms with Crippen LogP contribution in [-0.4, -0.2) is 42.7 Å². The number of nitrogens with zero attached hydrogens (tertiary/aromatic N) is 1. The fourth-order valence-electron chi connectivity index (χ4n) is 5.09. The van der Waals surface area contributed by atoms with Crippen LogP contribution in [0.4, 0.5) is 5.69 Å². The highest BCUT2D eigenvalue weighted by Gasteiger charge is 2.51. The Balaban J connectivity index is 1.30. The number of sulfonamides is 1. The number of hydrogen-bond donors (Lipinski definition) is 2. The third-order valence-corrected chi connectivity index (χ3v) is 10.1. The number of amides is 2. The zero-order chi connectivity index (χ0) is 24.6. The van der Waals surface area contributed by atoms with Gasteiger partial charge in [0.2, 0.25) is 15.9 Å². The number of nitrogens with one attached hydrogen (secondary N) is 2. The summed E-state index contributed by atoms with van der Waals surface area (Å²) in [6, 6.07) is 16.0. The molecule has 35 heavy (non-hydrogen) atoms. The number of fused-ring (bicyclic) bond motifs is 1. The molecule has 2 aliphatic rings. The number of carbonyl (C=O) groups is 2. The molecule has 1 unspecified atom stereocenters. The molecule has 3 aromatic rings. The second-order valence-electron chi connectivity index (χ2n) is 9.18. The Labute approximate surface area is 208 Å². The van der Waals surface area contributed by atoms with E-state index in [1.807, 2.05) is 30.3 Å². The molecule has 0 radical (unpaired) electrons. The first-order valence-corrected chi connectivity index (χ1v) is 13.9. The van der Waals surface area contributed by atoms with Crippen molar-refractivity contribution in [3.05, 3.63) is 72.1 Å². The summed E-state index contributed by atoms with van der Waals surface area (Å²) < 4.78 is 29.8. The second-order valence-corrected chi connectivity index (χ2v) is 12.1. The molecule has 1 aliphatic carbocycles. The van der Waals surface area contributed by atoms with Gasteiger partial charge in [0.1, 0.15) is 0 Å². The number of thiophene rings is 1. The Bertz CT molecular complexity index is 1360. The van der Waals surface area contributed by atoms with Crippen LogP contribution in [0.2, 0.25) is 0 Å². The summed E-state index contributed by atoms with van der Waals surface area (Å²) >= 11 is 1.42. The first kappa shape index (κ1) is 23.7. The van der Waals surface area contributed by atoms with Crippen molar-refractivity contribution in [2.24, 2.45) is 0 Å². The van der Waals surface area contributed by atoms with E-state index in [0.29, 0.717) is 30.0 Å². The van der Waals surface area contributed by atoms with Gasteiger partial charge in [-0.3, -0.25) is 9.59 Å². The fraction of sp³-hybridized carbons (Fsp3) is 0.308. The fourth-order valence-corrected chi connectivity index (χ4v) is 7.90. The first-order valence-electron chi connectivity index (χ1n) is 11.7. The summed E-state index contributed by atoms with van der Waals surface area (Å²) in [5.41, 5.74) is 0.0835. The van der Waals surface area contributed by atoms with Gasteiger partial charge in [0.25, 0.3) is 5.91 Å². The van der Waals surface area contributed by atoms with Crippen LogP contribution in [-0.2, 0) is 14.8 Å². The molecule has 2 fully saturated rings. The van der Waals surface area contributed by atoms with Gasteiger partial charge in [-0.15, -0.1) is 11.3 Å². The molecule has 1 saturated heterocycles. The molecule has 1 atom stereocenters. The van der Waals surface area contributed by atoms with E-state index in [4.69, 9.17) is 0 Å². The molecule has 9 heteroatoms. The molecule has 2 N–H and O–H groups in total. The van der Waals surface area contributed by atoms with Crippen molar-refractivity contribution in [2.75, 3.05) is 11.9 Å². The predicted molar refractivity (Wildman–Crippen MR) is 138 cm³/mol. The summed E-state index contributed by atoms with van der Waals surface area (Å²) in [6.45, 7) is 3.85. The molecular weight excluding hydrogens is 482 g/mol. The summed E-state index contributed by atoms with van der Waals surface area (Å²) in [5, 5.41) is 6.81. The molecule has 2 aromatic carbocycles. The molecule has 1 aromatic heterocycles. The molecule has 1 spiro atoms. The lowest BCUT2D eigenvalue weighted by atomic mass is 9.70. The first-order chi connectivity index (χ1) is 16.8. The van der Waals surface area contributed by atoms with Crippen LogP contribution in [0, 0.1) is 0 Å². The van der Waals surface area contributed by atoms with E-state index in [2.05, 4.69) is 17.2 Å². The molecule has 5 rings (SSSR count). The van der Waals surface area contributed by atoms with Crippen LogP contribution >= 0.6 is 11.3 Å². The summed E-state index contributed by atoms with van der Waals surface area (Å²) in [4.78, 5) is 25.3. The number of piperidine rings is 1. The van der Waals surface area contributed by atoms with Crippen molar-refractivity contribution in [1.29, 1.82) is 0 Å². The minimum atomic E-state index is -3.71. The molecule has 0 bridgehead atoms. The summed E-state index contributed by atoms with van der Waals surface area (Å²) in [7, 11) is -3.71. The van der Waals surface area contributed by atoms with E-state index in [-0.39, 0.29) is 22.8 Å². The van der Waals surface area contributed by atoms with Gasteiger partial charge in [-0.1, -0.05) is 24.8 Å². The minimum Gasteiger partial charge on any atom is -0.350 e. The Kier molecular flexibility index (Phi) is 6.25. The van der Waals surface area contributed by atoms with Crippen LogP contribution in [0.25, 0.3) is 10.1 Å². The van der Waals surface area contributed by atoms with Crippen LogP contribution < -0.4 is 10.6 Å². The Morgan fingerprint density at radius 1 is 1.11 bits per heavy atom. The Hall–Kier alpha value is -3.01. The van der Waals surface area contributed by atoms with Gasteiger partial charge >= 0.3 is 0 Å². The Morgan fingerprint density at radius 3 is 2.51 bits per heavy atom. The largest absolute Gasteiger partial charge is 0.350 e. The van der Waals surface area contributed by atoms with Gasteiger partial charge in [0, 0.05) is 28.5 Å². The van der Waals surface area contributed by atoms with Gasteiger partial charge < -0.3 is 10.6 Å². The molecule has 1 aliphatic heterocycles. The monoisotopic (exact) mass is 509 g/mol. The van der Waals surface area contributed by atoms with Gasteiger partial charge in [-0.05, 0) is 80.0 Å². The quantitative estimate of drug-likeness (QED) is 0.477. The highest BCUT2D eigenvalue weighted by molar-refractivity contribution is 7.89. The van der Waals surface area contributed by atoms with Crippen LogP contribution in [0.15, 0.2) is 72.1 Å². The normalized spacial score (nSPS) is 19.7. The lowest BCUT2D eigenvalue weighted by molar-refractivity contribution is -0.117. The van der Waals surface area contributed by atoms with E-state index >= 15 is 0 Å². The van der Waals surface area contributed by atoms with Gasteiger partial charge in [0.05, 0.1) is 9.77 Å². The summed E-state index contributed by atoms with van der Waals surface area (Å²) in [5.74, 6) is -0.451. The number of carbonyl (C=O) groups excluding carboxylic acids is 2. The van der Waals surface area contributed by atoms with Gasteiger partial charge in [-0.25, -0.2) is 8.42 Å². The van der Waals surface area contributed by atoms with E-state index in [1.165, 1.54) is 17.4 Å². The van der Waals surface area contributed by atoms with Crippen LogP contribution in [0.5, 0.6) is 0 Å². The number of hydrogen-bond acceptors (Lipinski definition) is 5. The lowest BCUT2D eigenvalue weighted by Crippen LogP contribution is -2.63. The molecule has 2 heterocycles. The Morgan fingerprint density at radius 2 is 1.86 bits per heavy atom. The zero-order valence-electron chi connectivity index (χ0n) is 19.2.